The smallest absolute Gasteiger partial charge is 0.243 e. The van der Waals surface area contributed by atoms with Crippen molar-refractivity contribution in [1.29, 1.82) is 0 Å². The Labute approximate surface area is 229 Å². The van der Waals surface area contributed by atoms with Crippen LogP contribution in [0, 0.1) is 6.92 Å². The molecule has 3 aromatic carbocycles. The zero-order valence-electron chi connectivity index (χ0n) is 23.8. The minimum absolute atomic E-state index is 0.00274. The number of unbranched alkanes of at least 4 members (excludes halogenated alkanes) is 1. The van der Waals surface area contributed by atoms with E-state index in [1.54, 1.807) is 4.90 Å². The van der Waals surface area contributed by atoms with Crippen LogP contribution in [0.25, 0.3) is 0 Å². The van der Waals surface area contributed by atoms with Gasteiger partial charge in [0.2, 0.25) is 11.8 Å². The van der Waals surface area contributed by atoms with Crippen molar-refractivity contribution < 1.29 is 9.59 Å². The van der Waals surface area contributed by atoms with Crippen LogP contribution in [-0.4, -0.2) is 29.3 Å². The number of hydrogen-bond acceptors (Lipinski definition) is 2. The zero-order chi connectivity index (χ0) is 27.5. The summed E-state index contributed by atoms with van der Waals surface area (Å²) >= 11 is 0. The lowest BCUT2D eigenvalue weighted by molar-refractivity contribution is -0.141. The largest absolute Gasteiger partial charge is 0.354 e. The average molecular weight is 513 g/mol. The van der Waals surface area contributed by atoms with Crippen molar-refractivity contribution in [3.63, 3.8) is 0 Å². The molecule has 1 N–H and O–H groups in total. The van der Waals surface area contributed by atoms with Gasteiger partial charge in [0.25, 0.3) is 0 Å². The van der Waals surface area contributed by atoms with E-state index in [1.165, 1.54) is 11.1 Å². The van der Waals surface area contributed by atoms with Crippen molar-refractivity contribution in [2.45, 2.75) is 84.7 Å². The molecule has 38 heavy (non-hydrogen) atoms. The van der Waals surface area contributed by atoms with Gasteiger partial charge in [0, 0.05) is 25.9 Å². The molecule has 4 nitrogen and oxygen atoms in total. The first-order valence-corrected chi connectivity index (χ1v) is 13.9. The van der Waals surface area contributed by atoms with Crippen molar-refractivity contribution in [1.82, 2.24) is 10.2 Å². The molecule has 4 heteroatoms. The third-order valence-corrected chi connectivity index (χ3v) is 7.02. The third kappa shape index (κ3) is 8.86. The van der Waals surface area contributed by atoms with Crippen LogP contribution >= 0.6 is 0 Å². The highest BCUT2D eigenvalue weighted by Crippen LogP contribution is 2.23. The maximum absolute atomic E-state index is 13.8. The molecule has 0 aromatic heterocycles. The van der Waals surface area contributed by atoms with Crippen LogP contribution in [0.2, 0.25) is 0 Å². The van der Waals surface area contributed by atoms with E-state index < -0.39 is 6.04 Å². The summed E-state index contributed by atoms with van der Waals surface area (Å²) in [5.41, 5.74) is 5.74. The molecular weight excluding hydrogens is 468 g/mol. The average Bonchev–Trinajstić information content (AvgIpc) is 2.90. The van der Waals surface area contributed by atoms with Crippen LogP contribution in [0.15, 0.2) is 78.9 Å². The predicted molar refractivity (Wildman–Crippen MR) is 157 cm³/mol. The van der Waals surface area contributed by atoms with Crippen molar-refractivity contribution in [2.75, 3.05) is 6.54 Å². The highest BCUT2D eigenvalue weighted by molar-refractivity contribution is 5.88. The van der Waals surface area contributed by atoms with Crippen molar-refractivity contribution >= 4 is 11.8 Å². The lowest BCUT2D eigenvalue weighted by atomic mass is 9.86. The first kappa shape index (κ1) is 29.2. The molecule has 0 spiro atoms. The summed E-state index contributed by atoms with van der Waals surface area (Å²) in [6.07, 6.45) is 3.40. The summed E-state index contributed by atoms with van der Waals surface area (Å²) in [4.78, 5) is 29.1. The maximum Gasteiger partial charge on any atom is 0.243 e. The van der Waals surface area contributed by atoms with E-state index in [2.05, 4.69) is 88.5 Å². The summed E-state index contributed by atoms with van der Waals surface area (Å²) in [5, 5.41) is 3.10. The molecule has 0 fully saturated rings. The molecule has 0 aliphatic carbocycles. The van der Waals surface area contributed by atoms with Gasteiger partial charge in [-0.15, -0.1) is 0 Å². The number of carbonyl (C=O) groups is 2. The number of hydrogen-bond donors (Lipinski definition) is 1. The molecule has 2 amide bonds. The highest BCUT2D eigenvalue weighted by Gasteiger charge is 2.30. The highest BCUT2D eigenvalue weighted by atomic mass is 16.2. The van der Waals surface area contributed by atoms with Crippen LogP contribution in [0.3, 0.4) is 0 Å². The zero-order valence-corrected chi connectivity index (χ0v) is 23.8. The van der Waals surface area contributed by atoms with Gasteiger partial charge < -0.3 is 10.2 Å². The van der Waals surface area contributed by atoms with E-state index >= 15 is 0 Å². The fourth-order valence-corrected chi connectivity index (χ4v) is 4.52. The van der Waals surface area contributed by atoms with E-state index in [9.17, 15) is 9.59 Å². The Kier molecular flexibility index (Phi) is 10.7. The van der Waals surface area contributed by atoms with Gasteiger partial charge in [-0.1, -0.05) is 119 Å². The number of nitrogens with zero attached hydrogens (tertiary/aromatic N) is 1. The van der Waals surface area contributed by atoms with Crippen LogP contribution in [-0.2, 0) is 34.4 Å². The number of benzene rings is 3. The number of rotatable bonds is 12. The predicted octanol–water partition coefficient (Wildman–Crippen LogP) is 6.78. The van der Waals surface area contributed by atoms with Crippen molar-refractivity contribution in [3.05, 3.63) is 107 Å². The normalized spacial score (nSPS) is 12.1. The number of amides is 2. The monoisotopic (exact) mass is 512 g/mol. The molecule has 0 aliphatic heterocycles. The van der Waals surface area contributed by atoms with Crippen LogP contribution in [0.1, 0.15) is 74.8 Å². The molecule has 0 heterocycles. The summed E-state index contributed by atoms with van der Waals surface area (Å²) < 4.78 is 0. The molecule has 0 unspecified atom stereocenters. The number of nitrogens with one attached hydrogen (secondary N) is 1. The standard InChI is InChI=1S/C34H44N2O2/c1-6-7-23-35-33(38)31(24-28-11-9-8-10-12-28)36(25-29-15-13-26(2)14-16-29)32(37)22-19-27-17-20-30(21-18-27)34(3,4)5/h8-18,20-21,31H,6-7,19,22-25H2,1-5H3,(H,35,38)/t31-/m1/s1. The van der Waals surface area contributed by atoms with E-state index in [1.807, 2.05) is 30.3 Å². The summed E-state index contributed by atoms with van der Waals surface area (Å²) in [5.74, 6) is -0.0886. The first-order valence-electron chi connectivity index (χ1n) is 13.9. The fourth-order valence-electron chi connectivity index (χ4n) is 4.52. The minimum atomic E-state index is -0.577. The summed E-state index contributed by atoms with van der Waals surface area (Å²) in [7, 11) is 0. The molecule has 3 aromatic rings. The van der Waals surface area contributed by atoms with E-state index in [4.69, 9.17) is 0 Å². The van der Waals surface area contributed by atoms with Gasteiger partial charge in [0.05, 0.1) is 0 Å². The van der Waals surface area contributed by atoms with Gasteiger partial charge in [0.1, 0.15) is 6.04 Å². The van der Waals surface area contributed by atoms with E-state index in [0.717, 1.165) is 29.5 Å². The molecule has 0 bridgehead atoms. The van der Waals surface area contributed by atoms with Crippen LogP contribution in [0.5, 0.6) is 0 Å². The summed E-state index contributed by atoms with van der Waals surface area (Å²) in [6.45, 7) is 11.8. The van der Waals surface area contributed by atoms with Gasteiger partial charge in [-0.05, 0) is 47.4 Å². The Morgan fingerprint density at radius 3 is 2.08 bits per heavy atom. The number of carbonyl (C=O) groups excluding carboxylic acids is 2. The Morgan fingerprint density at radius 2 is 1.47 bits per heavy atom. The van der Waals surface area contributed by atoms with Gasteiger partial charge in [-0.2, -0.15) is 0 Å². The second kappa shape index (κ2) is 13.9. The molecular formula is C34H44N2O2. The molecule has 1 atom stereocenters. The van der Waals surface area contributed by atoms with Gasteiger partial charge in [-0.3, -0.25) is 9.59 Å². The van der Waals surface area contributed by atoms with Gasteiger partial charge in [-0.25, -0.2) is 0 Å². The Balaban J connectivity index is 1.85. The molecule has 3 rings (SSSR count). The van der Waals surface area contributed by atoms with E-state index in [0.29, 0.717) is 32.4 Å². The van der Waals surface area contributed by atoms with Crippen LogP contribution in [0.4, 0.5) is 0 Å². The maximum atomic E-state index is 13.8. The van der Waals surface area contributed by atoms with Crippen molar-refractivity contribution in [3.8, 4) is 0 Å². The van der Waals surface area contributed by atoms with Crippen LogP contribution < -0.4 is 5.32 Å². The topological polar surface area (TPSA) is 49.4 Å². The molecule has 0 aliphatic rings. The molecule has 0 saturated heterocycles. The summed E-state index contributed by atoms with van der Waals surface area (Å²) in [6, 6.07) is 26.2. The van der Waals surface area contributed by atoms with Crippen molar-refractivity contribution in [2.24, 2.45) is 0 Å². The molecule has 0 saturated carbocycles. The Hall–Kier alpha value is -3.40. The first-order chi connectivity index (χ1) is 18.2. The lowest BCUT2D eigenvalue weighted by Gasteiger charge is -2.32. The second-order valence-electron chi connectivity index (χ2n) is 11.3. The molecule has 202 valence electrons. The minimum Gasteiger partial charge on any atom is -0.354 e. The lowest BCUT2D eigenvalue weighted by Crippen LogP contribution is -2.50. The van der Waals surface area contributed by atoms with E-state index in [-0.39, 0.29) is 17.2 Å². The Bertz CT molecular complexity index is 1150. The quantitative estimate of drug-likeness (QED) is 0.272. The second-order valence-corrected chi connectivity index (χ2v) is 11.3. The van der Waals surface area contributed by atoms with Gasteiger partial charge >= 0.3 is 0 Å². The van der Waals surface area contributed by atoms with Gasteiger partial charge in [0.15, 0.2) is 0 Å². The Morgan fingerprint density at radius 1 is 0.842 bits per heavy atom. The third-order valence-electron chi connectivity index (χ3n) is 7.02. The SMILES string of the molecule is CCCCNC(=O)[C@@H](Cc1ccccc1)N(Cc1ccc(C)cc1)C(=O)CCc1ccc(C(C)(C)C)cc1. The number of aryl methyl sites for hydroxylation is 2. The fraction of sp³-hybridized carbons (Fsp3) is 0.412. The molecule has 0 radical (unpaired) electrons.